The van der Waals surface area contributed by atoms with Crippen LogP contribution < -0.4 is 9.80 Å². The Morgan fingerprint density at radius 1 is 1.00 bits per heavy atom. The molecule has 3 aromatic heterocycles. The van der Waals surface area contributed by atoms with Crippen molar-refractivity contribution in [3.63, 3.8) is 0 Å². The van der Waals surface area contributed by atoms with Crippen LogP contribution in [0.1, 0.15) is 12.5 Å². The molecule has 0 radical (unpaired) electrons. The maximum Gasteiger partial charge on any atom is 0.225 e. The number of aryl methyl sites for hydroxylation is 1. The number of aromatic nitrogens is 4. The molecule has 0 aliphatic carbocycles. The molecule has 0 saturated carbocycles. The van der Waals surface area contributed by atoms with Gasteiger partial charge in [0.1, 0.15) is 5.65 Å². The summed E-state index contributed by atoms with van der Waals surface area (Å²) in [6.45, 7) is 5.90. The van der Waals surface area contributed by atoms with Gasteiger partial charge in [0.05, 0.1) is 0 Å². The predicted octanol–water partition coefficient (Wildman–Crippen LogP) is 2.24. The third kappa shape index (κ3) is 2.60. The summed E-state index contributed by atoms with van der Waals surface area (Å²) in [7, 11) is 0. The van der Waals surface area contributed by atoms with Crippen molar-refractivity contribution >= 4 is 22.7 Å². The van der Waals surface area contributed by atoms with Crippen molar-refractivity contribution in [1.82, 2.24) is 19.9 Å². The first-order valence-electron chi connectivity index (χ1n) is 8.08. The van der Waals surface area contributed by atoms with Crippen molar-refractivity contribution < 1.29 is 0 Å². The van der Waals surface area contributed by atoms with Crippen LogP contribution in [-0.4, -0.2) is 46.1 Å². The van der Waals surface area contributed by atoms with E-state index >= 15 is 0 Å². The zero-order valence-electron chi connectivity index (χ0n) is 13.2. The van der Waals surface area contributed by atoms with E-state index in [2.05, 4.69) is 48.8 Å². The lowest BCUT2D eigenvalue weighted by atomic mass is 10.2. The summed E-state index contributed by atoms with van der Waals surface area (Å²) in [6.07, 6.45) is 8.65. The van der Waals surface area contributed by atoms with Crippen LogP contribution in [0.25, 0.3) is 11.0 Å². The fourth-order valence-electron chi connectivity index (χ4n) is 3.06. The van der Waals surface area contributed by atoms with Crippen molar-refractivity contribution in [2.45, 2.75) is 13.3 Å². The Hall–Kier alpha value is -2.63. The average Bonchev–Trinajstić information content (AvgIpc) is 3.11. The molecule has 4 rings (SSSR count). The summed E-state index contributed by atoms with van der Waals surface area (Å²) >= 11 is 0. The number of pyridine rings is 1. The molecule has 1 aliphatic rings. The third-order valence-electron chi connectivity index (χ3n) is 4.44. The number of hydrogen-bond donors (Lipinski definition) is 1. The van der Waals surface area contributed by atoms with E-state index in [1.807, 2.05) is 24.8 Å². The van der Waals surface area contributed by atoms with Crippen molar-refractivity contribution in [2.75, 3.05) is 36.0 Å². The topological polar surface area (TPSA) is 60.9 Å². The molecule has 0 aromatic carbocycles. The van der Waals surface area contributed by atoms with Crippen molar-refractivity contribution in [1.29, 1.82) is 0 Å². The molecule has 6 heteroatoms. The van der Waals surface area contributed by atoms with Crippen LogP contribution in [-0.2, 0) is 6.42 Å². The van der Waals surface area contributed by atoms with Gasteiger partial charge in [0.2, 0.25) is 5.95 Å². The van der Waals surface area contributed by atoms with E-state index < -0.39 is 0 Å². The van der Waals surface area contributed by atoms with Crippen molar-refractivity contribution in [3.8, 4) is 0 Å². The number of rotatable bonds is 3. The molecular formula is C17H20N6. The van der Waals surface area contributed by atoms with E-state index in [0.29, 0.717) is 0 Å². The Balaban J connectivity index is 1.49. The Kier molecular flexibility index (Phi) is 3.57. The van der Waals surface area contributed by atoms with E-state index in [1.54, 1.807) is 0 Å². The lowest BCUT2D eigenvalue weighted by Gasteiger charge is -2.36. The quantitative estimate of drug-likeness (QED) is 0.804. The number of piperazine rings is 1. The fraction of sp³-hybridized carbons (Fsp3) is 0.353. The molecule has 0 amide bonds. The molecule has 0 unspecified atom stereocenters. The molecule has 0 bridgehead atoms. The average molecular weight is 308 g/mol. The number of H-pyrrole nitrogens is 1. The Bertz CT molecular complexity index is 786. The largest absolute Gasteiger partial charge is 0.367 e. The molecule has 1 saturated heterocycles. The molecule has 0 atom stereocenters. The van der Waals surface area contributed by atoms with E-state index in [0.717, 1.165) is 44.2 Å². The van der Waals surface area contributed by atoms with Crippen molar-refractivity contribution in [2.24, 2.45) is 0 Å². The number of hydrogen-bond acceptors (Lipinski definition) is 5. The first kappa shape index (κ1) is 14.0. The molecule has 23 heavy (non-hydrogen) atoms. The van der Waals surface area contributed by atoms with Crippen LogP contribution in [0.5, 0.6) is 0 Å². The highest BCUT2D eigenvalue weighted by molar-refractivity contribution is 5.89. The predicted molar refractivity (Wildman–Crippen MR) is 91.9 cm³/mol. The molecule has 3 aromatic rings. The highest BCUT2D eigenvalue weighted by Gasteiger charge is 2.20. The van der Waals surface area contributed by atoms with Gasteiger partial charge in [0, 0.05) is 62.0 Å². The van der Waals surface area contributed by atoms with Gasteiger partial charge in [-0.15, -0.1) is 0 Å². The first-order valence-corrected chi connectivity index (χ1v) is 8.08. The van der Waals surface area contributed by atoms with E-state index in [9.17, 15) is 0 Å². The minimum Gasteiger partial charge on any atom is -0.367 e. The van der Waals surface area contributed by atoms with Gasteiger partial charge in [-0.3, -0.25) is 0 Å². The second-order valence-corrected chi connectivity index (χ2v) is 5.79. The Labute approximate surface area is 135 Å². The van der Waals surface area contributed by atoms with E-state index in [4.69, 9.17) is 0 Å². The number of nitrogens with zero attached hydrogens (tertiary/aromatic N) is 5. The molecule has 1 N–H and O–H groups in total. The van der Waals surface area contributed by atoms with Gasteiger partial charge in [0.25, 0.3) is 0 Å². The van der Waals surface area contributed by atoms with Crippen molar-refractivity contribution in [3.05, 3.63) is 42.5 Å². The van der Waals surface area contributed by atoms with Crippen LogP contribution >= 0.6 is 0 Å². The Morgan fingerprint density at radius 3 is 2.48 bits per heavy atom. The number of anilines is 2. The van der Waals surface area contributed by atoms with Gasteiger partial charge >= 0.3 is 0 Å². The molecule has 6 nitrogen and oxygen atoms in total. The van der Waals surface area contributed by atoms with E-state index in [-0.39, 0.29) is 0 Å². The number of nitrogens with one attached hydrogen (secondary N) is 1. The summed E-state index contributed by atoms with van der Waals surface area (Å²) in [4.78, 5) is 21.2. The first-order chi connectivity index (χ1) is 11.3. The van der Waals surface area contributed by atoms with Gasteiger partial charge < -0.3 is 14.8 Å². The monoisotopic (exact) mass is 308 g/mol. The van der Waals surface area contributed by atoms with E-state index in [1.165, 1.54) is 16.6 Å². The molecule has 1 aliphatic heterocycles. The summed E-state index contributed by atoms with van der Waals surface area (Å²) in [6, 6.07) is 4.19. The van der Waals surface area contributed by atoms with Gasteiger partial charge in [-0.2, -0.15) is 0 Å². The van der Waals surface area contributed by atoms with Gasteiger partial charge in [-0.1, -0.05) is 6.92 Å². The molecular weight excluding hydrogens is 288 g/mol. The maximum atomic E-state index is 4.49. The second kappa shape index (κ2) is 5.87. The minimum absolute atomic E-state index is 0.836. The van der Waals surface area contributed by atoms with Crippen LogP contribution in [0.3, 0.4) is 0 Å². The molecule has 118 valence electrons. The zero-order chi connectivity index (χ0) is 15.6. The maximum absolute atomic E-state index is 4.49. The molecule has 4 heterocycles. The normalized spacial score (nSPS) is 15.3. The van der Waals surface area contributed by atoms with Gasteiger partial charge in [-0.05, 0) is 24.1 Å². The smallest absolute Gasteiger partial charge is 0.225 e. The van der Waals surface area contributed by atoms with Gasteiger partial charge in [0.15, 0.2) is 0 Å². The summed E-state index contributed by atoms with van der Waals surface area (Å²) in [5.41, 5.74) is 3.38. The molecule has 1 fully saturated rings. The molecule has 0 spiro atoms. The van der Waals surface area contributed by atoms with Crippen LogP contribution in [0, 0.1) is 0 Å². The minimum atomic E-state index is 0.836. The Morgan fingerprint density at radius 2 is 1.74 bits per heavy atom. The lowest BCUT2D eigenvalue weighted by molar-refractivity contribution is 0.640. The SMILES string of the molecule is CCc1cnc(N2CCN(c3ccnc4[nH]ccc34)CC2)nc1. The third-order valence-corrected chi connectivity index (χ3v) is 4.44. The van der Waals surface area contributed by atoms with Gasteiger partial charge in [-0.25, -0.2) is 15.0 Å². The lowest BCUT2D eigenvalue weighted by Crippen LogP contribution is -2.47. The van der Waals surface area contributed by atoms with Crippen LogP contribution in [0.2, 0.25) is 0 Å². The zero-order valence-corrected chi connectivity index (χ0v) is 13.2. The standard InChI is InChI=1S/C17H20N6/c1-2-13-11-20-17(21-12-13)23-9-7-22(8-10-23)15-4-6-19-16-14(15)3-5-18-16/h3-6,11-12H,2,7-10H2,1H3,(H,18,19). The number of fused-ring (bicyclic) bond motifs is 1. The highest BCUT2D eigenvalue weighted by Crippen LogP contribution is 2.26. The fourth-order valence-corrected chi connectivity index (χ4v) is 3.06. The van der Waals surface area contributed by atoms with Crippen LogP contribution in [0.4, 0.5) is 11.6 Å². The summed E-state index contributed by atoms with van der Waals surface area (Å²) in [5, 5.41) is 1.18. The van der Waals surface area contributed by atoms with Crippen LogP contribution in [0.15, 0.2) is 36.9 Å². The second-order valence-electron chi connectivity index (χ2n) is 5.79. The summed E-state index contributed by atoms with van der Waals surface area (Å²) in [5.74, 6) is 0.836. The number of aromatic amines is 1. The highest BCUT2D eigenvalue weighted by atomic mass is 15.3. The summed E-state index contributed by atoms with van der Waals surface area (Å²) < 4.78 is 0.